The van der Waals surface area contributed by atoms with Gasteiger partial charge in [-0.3, -0.25) is 4.99 Å². The smallest absolute Gasteiger partial charge is 0.228 e. The van der Waals surface area contributed by atoms with E-state index >= 15 is 0 Å². The van der Waals surface area contributed by atoms with E-state index in [-0.39, 0.29) is 33.2 Å². The Bertz CT molecular complexity index is 1360. The Labute approximate surface area is 324 Å². The Hall–Kier alpha value is -1.94. The molecule has 5 rings (SSSR count). The van der Waals surface area contributed by atoms with E-state index in [9.17, 15) is 0 Å². The zero-order chi connectivity index (χ0) is 38.9. The van der Waals surface area contributed by atoms with E-state index in [2.05, 4.69) is 128 Å². The second-order valence-corrected chi connectivity index (χ2v) is 21.6. The summed E-state index contributed by atoms with van der Waals surface area (Å²) in [7, 11) is 0. The molecule has 2 unspecified atom stereocenters. The van der Waals surface area contributed by atoms with E-state index in [0.29, 0.717) is 23.9 Å². The van der Waals surface area contributed by atoms with Crippen molar-refractivity contribution in [3.63, 3.8) is 0 Å². The van der Waals surface area contributed by atoms with Crippen LogP contribution in [0.25, 0.3) is 0 Å². The van der Waals surface area contributed by atoms with E-state index in [4.69, 9.17) is 19.9 Å². The van der Waals surface area contributed by atoms with Crippen LogP contribution in [0.4, 0.5) is 5.95 Å². The fourth-order valence-corrected chi connectivity index (χ4v) is 11.6. The first-order chi connectivity index (χ1) is 24.5. The Kier molecular flexibility index (Phi) is 12.7. The number of nitrogens with zero attached hydrogens (tertiary/aromatic N) is 5. The summed E-state index contributed by atoms with van der Waals surface area (Å²) in [5.74, 6) is 2.74. The Morgan fingerprint density at radius 3 is 1.81 bits per heavy atom. The van der Waals surface area contributed by atoms with Gasteiger partial charge in [0.1, 0.15) is 11.9 Å². The molecule has 0 aromatic carbocycles. The van der Waals surface area contributed by atoms with Crippen molar-refractivity contribution in [2.45, 2.75) is 218 Å². The van der Waals surface area contributed by atoms with Gasteiger partial charge in [-0.05, 0) is 171 Å². The molecule has 9 nitrogen and oxygen atoms in total. The third-order valence-electron chi connectivity index (χ3n) is 12.5. The number of aromatic nitrogens is 3. The minimum atomic E-state index is -0.554. The molecule has 9 heteroatoms. The number of unbranched alkanes of at least 4 members (excludes halogenated alkanes) is 3. The van der Waals surface area contributed by atoms with E-state index in [0.717, 1.165) is 57.0 Å². The third kappa shape index (κ3) is 11.5. The van der Waals surface area contributed by atoms with Crippen molar-refractivity contribution >= 4 is 12.2 Å². The summed E-state index contributed by atoms with van der Waals surface area (Å²) >= 11 is 0. The van der Waals surface area contributed by atoms with Crippen molar-refractivity contribution in [3.8, 4) is 0 Å². The van der Waals surface area contributed by atoms with E-state index < -0.39 is 5.54 Å². The second-order valence-electron chi connectivity index (χ2n) is 21.6. The molecule has 5 heterocycles. The molecule has 3 fully saturated rings. The van der Waals surface area contributed by atoms with E-state index in [1.165, 1.54) is 44.9 Å². The number of nitrogens with one attached hydrogen (secondary N) is 4. The number of piperidine rings is 3. The molecular weight excluding hydrogens is 655 g/mol. The molecule has 0 spiro atoms. The molecule has 1 aromatic heterocycles. The van der Waals surface area contributed by atoms with Crippen LogP contribution in [-0.4, -0.2) is 79.6 Å². The standard InChI is InChI=1S/C44H79N9/c1-14-32(33-24-38(2,3)50-39(4,5)25-33)26-44(20-19-22-48-44)36-46-31-47-37(49-36)53(35-29-42(10,11)52-43(12,13)30-35)23-18-16-15-17-21-45-34-27-40(6,7)51-41(8,9)28-34/h19-20,22,31-35,45,50-52H,14-18,21,23-30H2,1-13H3. The topological polar surface area (TPSA) is 102 Å². The summed E-state index contributed by atoms with van der Waals surface area (Å²) in [4.78, 5) is 22.9. The van der Waals surface area contributed by atoms with Crippen LogP contribution in [0.2, 0.25) is 0 Å². The largest absolute Gasteiger partial charge is 0.338 e. The Morgan fingerprint density at radius 2 is 1.26 bits per heavy atom. The normalized spacial score (nSPS) is 28.2. The van der Waals surface area contributed by atoms with Crippen molar-refractivity contribution in [3.05, 3.63) is 24.3 Å². The number of rotatable bonds is 15. The van der Waals surface area contributed by atoms with Crippen molar-refractivity contribution in [2.24, 2.45) is 16.8 Å². The molecule has 53 heavy (non-hydrogen) atoms. The number of hydrogen-bond donors (Lipinski definition) is 4. The quantitative estimate of drug-likeness (QED) is 0.134. The van der Waals surface area contributed by atoms with Crippen LogP contribution in [0.1, 0.15) is 173 Å². The molecule has 0 saturated carbocycles. The second kappa shape index (κ2) is 15.9. The highest BCUT2D eigenvalue weighted by atomic mass is 15.3. The molecule has 4 N–H and O–H groups in total. The van der Waals surface area contributed by atoms with Gasteiger partial charge in [0.05, 0.1) is 0 Å². The van der Waals surface area contributed by atoms with Gasteiger partial charge in [0.15, 0.2) is 5.82 Å². The molecule has 300 valence electrons. The molecule has 2 atom stereocenters. The van der Waals surface area contributed by atoms with Gasteiger partial charge in [-0.2, -0.15) is 4.98 Å². The lowest BCUT2D eigenvalue weighted by Crippen LogP contribution is -2.62. The molecule has 0 aliphatic carbocycles. The molecule has 4 aliphatic rings. The lowest BCUT2D eigenvalue weighted by atomic mass is 9.67. The van der Waals surface area contributed by atoms with Crippen LogP contribution < -0.4 is 26.2 Å². The number of hydrogen-bond acceptors (Lipinski definition) is 9. The predicted octanol–water partition coefficient (Wildman–Crippen LogP) is 8.26. The van der Waals surface area contributed by atoms with Crippen molar-refractivity contribution < 1.29 is 0 Å². The maximum absolute atomic E-state index is 5.38. The highest BCUT2D eigenvalue weighted by Gasteiger charge is 2.45. The maximum atomic E-state index is 5.38. The lowest BCUT2D eigenvalue weighted by molar-refractivity contribution is 0.0807. The fraction of sp³-hybridized carbons (Fsp3) is 0.864. The molecule has 3 saturated heterocycles. The van der Waals surface area contributed by atoms with Crippen LogP contribution in [0.15, 0.2) is 23.5 Å². The molecular formula is C44H79N9. The van der Waals surface area contributed by atoms with Crippen LogP contribution in [0.3, 0.4) is 0 Å². The number of allylic oxidation sites excluding steroid dienone is 1. The van der Waals surface area contributed by atoms with Crippen LogP contribution in [-0.2, 0) is 5.54 Å². The fourth-order valence-electron chi connectivity index (χ4n) is 11.6. The first kappa shape index (κ1) is 42.2. The highest BCUT2D eigenvalue weighted by molar-refractivity contribution is 5.75. The summed E-state index contributed by atoms with van der Waals surface area (Å²) in [6.07, 6.45) is 21.7. The van der Waals surface area contributed by atoms with Crippen molar-refractivity contribution in [2.75, 3.05) is 18.0 Å². The average molecular weight is 734 g/mol. The van der Waals surface area contributed by atoms with Crippen LogP contribution in [0, 0.1) is 11.8 Å². The van der Waals surface area contributed by atoms with Gasteiger partial charge in [0.2, 0.25) is 5.95 Å². The van der Waals surface area contributed by atoms with Gasteiger partial charge in [-0.15, -0.1) is 0 Å². The van der Waals surface area contributed by atoms with E-state index in [1.54, 1.807) is 6.33 Å². The number of anilines is 1. The predicted molar refractivity (Wildman–Crippen MR) is 224 cm³/mol. The Morgan fingerprint density at radius 1 is 0.717 bits per heavy atom. The van der Waals surface area contributed by atoms with Gasteiger partial charge in [0, 0.05) is 58.1 Å². The zero-order valence-electron chi connectivity index (χ0n) is 36.3. The maximum Gasteiger partial charge on any atom is 0.228 e. The molecule has 0 radical (unpaired) electrons. The molecule has 0 amide bonds. The number of aliphatic imine (C=N–C) groups is 1. The molecule has 1 aromatic rings. The van der Waals surface area contributed by atoms with E-state index in [1.807, 2.05) is 6.21 Å². The summed E-state index contributed by atoms with van der Waals surface area (Å²) in [6, 6.07) is 0.917. The summed E-state index contributed by atoms with van der Waals surface area (Å²) < 4.78 is 0. The van der Waals surface area contributed by atoms with Gasteiger partial charge in [0.25, 0.3) is 0 Å². The van der Waals surface area contributed by atoms with Crippen molar-refractivity contribution in [1.82, 2.24) is 36.2 Å². The first-order valence-electron chi connectivity index (χ1n) is 21.3. The summed E-state index contributed by atoms with van der Waals surface area (Å²) in [6.45, 7) is 32.6. The first-order valence-corrected chi connectivity index (χ1v) is 21.3. The minimum Gasteiger partial charge on any atom is -0.338 e. The Balaban J connectivity index is 1.30. The average Bonchev–Trinajstić information content (AvgIpc) is 3.46. The van der Waals surface area contributed by atoms with Gasteiger partial charge >= 0.3 is 0 Å². The molecule has 0 bridgehead atoms. The minimum absolute atomic E-state index is 0.0222. The SMILES string of the molecule is CCC(CC1(c2ncnc(N(CCCCCCNC3CC(C)(C)NC(C)(C)C3)C3CC(C)(C)NC(C)(C)C3)n2)C=CC=N1)C1CC(C)(C)NC(C)(C)C1. The molecule has 4 aliphatic heterocycles. The monoisotopic (exact) mass is 734 g/mol. The summed E-state index contributed by atoms with van der Waals surface area (Å²) in [5, 5.41) is 15.5. The summed E-state index contributed by atoms with van der Waals surface area (Å²) in [5.41, 5.74) is 0.0578. The highest BCUT2D eigenvalue weighted by Crippen LogP contribution is 2.45. The van der Waals surface area contributed by atoms with Gasteiger partial charge < -0.3 is 26.2 Å². The van der Waals surface area contributed by atoms with Crippen LogP contribution >= 0.6 is 0 Å². The zero-order valence-corrected chi connectivity index (χ0v) is 36.3. The van der Waals surface area contributed by atoms with Crippen LogP contribution in [0.5, 0.6) is 0 Å². The third-order valence-corrected chi connectivity index (χ3v) is 12.5. The van der Waals surface area contributed by atoms with Crippen molar-refractivity contribution in [1.29, 1.82) is 0 Å². The van der Waals surface area contributed by atoms with Gasteiger partial charge in [-0.25, -0.2) is 9.97 Å². The lowest BCUT2D eigenvalue weighted by Gasteiger charge is -2.50. The van der Waals surface area contributed by atoms with Gasteiger partial charge in [-0.1, -0.05) is 26.2 Å².